The van der Waals surface area contributed by atoms with Gasteiger partial charge < -0.3 is 9.84 Å². The van der Waals surface area contributed by atoms with Crippen molar-refractivity contribution in [2.24, 2.45) is 0 Å². The van der Waals surface area contributed by atoms with Gasteiger partial charge in [0.05, 0.1) is 12.8 Å². The molecular weight excluding hydrogens is 232 g/mol. The lowest BCUT2D eigenvalue weighted by Crippen LogP contribution is -2.37. The van der Waals surface area contributed by atoms with E-state index in [1.165, 1.54) is 0 Å². The zero-order valence-electron chi connectivity index (χ0n) is 11.3. The van der Waals surface area contributed by atoms with Crippen molar-refractivity contribution >= 4 is 5.97 Å². The van der Waals surface area contributed by atoms with E-state index in [1.807, 2.05) is 26.0 Å². The van der Waals surface area contributed by atoms with Crippen molar-refractivity contribution in [3.63, 3.8) is 0 Å². The van der Waals surface area contributed by atoms with Gasteiger partial charge in [-0.15, -0.1) is 0 Å². The maximum atomic E-state index is 11.1. The summed E-state index contributed by atoms with van der Waals surface area (Å²) in [6.45, 7) is 4.27. The largest absolute Gasteiger partial charge is 0.481 e. The Morgan fingerprint density at radius 2 is 2.22 bits per heavy atom. The third kappa shape index (κ3) is 3.43. The van der Waals surface area contributed by atoms with Gasteiger partial charge in [0.2, 0.25) is 5.88 Å². The summed E-state index contributed by atoms with van der Waals surface area (Å²) in [5, 5.41) is 9.08. The van der Waals surface area contributed by atoms with Crippen LogP contribution in [0.1, 0.15) is 24.6 Å². The summed E-state index contributed by atoms with van der Waals surface area (Å²) < 4.78 is 5.16. The topological polar surface area (TPSA) is 62.7 Å². The minimum Gasteiger partial charge on any atom is -0.481 e. The molecule has 0 aliphatic heterocycles. The third-order valence-corrected chi connectivity index (χ3v) is 2.92. The van der Waals surface area contributed by atoms with Crippen LogP contribution in [0.4, 0.5) is 0 Å². The highest BCUT2D eigenvalue weighted by molar-refractivity contribution is 5.73. The van der Waals surface area contributed by atoms with Gasteiger partial charge in [-0.25, -0.2) is 4.98 Å². The van der Waals surface area contributed by atoms with Crippen LogP contribution in [0.15, 0.2) is 12.1 Å². The van der Waals surface area contributed by atoms with Gasteiger partial charge in [-0.1, -0.05) is 13.0 Å². The number of carbonyl (C=O) groups is 1. The van der Waals surface area contributed by atoms with Gasteiger partial charge in [-0.3, -0.25) is 9.69 Å². The monoisotopic (exact) mass is 252 g/mol. The van der Waals surface area contributed by atoms with Crippen LogP contribution in [0, 0.1) is 6.92 Å². The second-order valence-electron chi connectivity index (χ2n) is 4.31. The number of carboxylic acids is 1. The normalized spacial score (nSPS) is 12.5. The number of aromatic nitrogens is 1. The minimum absolute atomic E-state index is 0.487. The number of ether oxygens (including phenoxy) is 1. The van der Waals surface area contributed by atoms with Crippen molar-refractivity contribution in [3.05, 3.63) is 23.4 Å². The fourth-order valence-electron chi connectivity index (χ4n) is 1.88. The van der Waals surface area contributed by atoms with Crippen LogP contribution in [0.5, 0.6) is 5.88 Å². The van der Waals surface area contributed by atoms with Crippen LogP contribution in [0.25, 0.3) is 0 Å². The van der Waals surface area contributed by atoms with E-state index >= 15 is 0 Å². The van der Waals surface area contributed by atoms with E-state index in [0.29, 0.717) is 18.8 Å². The number of pyridine rings is 1. The summed E-state index contributed by atoms with van der Waals surface area (Å²) in [6.07, 6.45) is 0.564. The van der Waals surface area contributed by atoms with Crippen LogP contribution in [0.3, 0.4) is 0 Å². The molecule has 0 radical (unpaired) electrons. The molecule has 0 amide bonds. The van der Waals surface area contributed by atoms with Crippen LogP contribution in [-0.2, 0) is 11.3 Å². The van der Waals surface area contributed by atoms with Crippen LogP contribution >= 0.6 is 0 Å². The molecule has 0 saturated carbocycles. The maximum Gasteiger partial charge on any atom is 0.320 e. The molecule has 0 spiro atoms. The summed E-state index contributed by atoms with van der Waals surface area (Å²) >= 11 is 0. The number of aryl methyl sites for hydroxylation is 1. The van der Waals surface area contributed by atoms with Gasteiger partial charge in [-0.05, 0) is 26.5 Å². The Morgan fingerprint density at radius 3 is 2.72 bits per heavy atom. The zero-order chi connectivity index (χ0) is 13.7. The smallest absolute Gasteiger partial charge is 0.320 e. The van der Waals surface area contributed by atoms with E-state index in [1.54, 1.807) is 19.1 Å². The Balaban J connectivity index is 2.81. The Morgan fingerprint density at radius 1 is 1.56 bits per heavy atom. The first-order valence-electron chi connectivity index (χ1n) is 5.93. The molecule has 0 aliphatic rings. The number of hydrogen-bond acceptors (Lipinski definition) is 4. The summed E-state index contributed by atoms with van der Waals surface area (Å²) in [6, 6.07) is 3.33. The molecule has 0 aromatic carbocycles. The summed E-state index contributed by atoms with van der Waals surface area (Å²) in [5.74, 6) is -0.219. The van der Waals surface area contributed by atoms with E-state index in [9.17, 15) is 4.79 Å². The molecule has 5 heteroatoms. The highest BCUT2D eigenvalue weighted by Gasteiger charge is 2.20. The SMILES string of the molecule is CC[C@H](C(=O)O)N(C)Cc1ccc(C)c(OC)n1. The van der Waals surface area contributed by atoms with Crippen molar-refractivity contribution < 1.29 is 14.6 Å². The number of carboxylic acid groups (broad SMARTS) is 1. The second-order valence-corrected chi connectivity index (χ2v) is 4.31. The van der Waals surface area contributed by atoms with Crippen LogP contribution in [0.2, 0.25) is 0 Å². The molecule has 18 heavy (non-hydrogen) atoms. The van der Waals surface area contributed by atoms with Crippen LogP contribution < -0.4 is 4.74 Å². The summed E-state index contributed by atoms with van der Waals surface area (Å²) in [5.41, 5.74) is 1.77. The van der Waals surface area contributed by atoms with Gasteiger partial charge in [0.25, 0.3) is 0 Å². The fourth-order valence-corrected chi connectivity index (χ4v) is 1.88. The van der Waals surface area contributed by atoms with Crippen molar-refractivity contribution in [1.82, 2.24) is 9.88 Å². The van der Waals surface area contributed by atoms with E-state index < -0.39 is 12.0 Å². The molecule has 0 unspecified atom stereocenters. The van der Waals surface area contributed by atoms with Gasteiger partial charge >= 0.3 is 5.97 Å². The first-order valence-corrected chi connectivity index (χ1v) is 5.93. The Bertz CT molecular complexity index is 421. The first-order chi connectivity index (χ1) is 8.49. The lowest BCUT2D eigenvalue weighted by Gasteiger charge is -2.23. The number of nitrogens with zero attached hydrogens (tertiary/aromatic N) is 2. The maximum absolute atomic E-state index is 11.1. The predicted molar refractivity (Wildman–Crippen MR) is 68.7 cm³/mol. The van der Waals surface area contributed by atoms with E-state index in [4.69, 9.17) is 9.84 Å². The van der Waals surface area contributed by atoms with Crippen molar-refractivity contribution in [3.8, 4) is 5.88 Å². The molecule has 1 rings (SSSR count). The highest BCUT2D eigenvalue weighted by atomic mass is 16.5. The molecule has 1 heterocycles. The first kappa shape index (κ1) is 14.4. The third-order valence-electron chi connectivity index (χ3n) is 2.92. The number of hydrogen-bond donors (Lipinski definition) is 1. The summed E-state index contributed by atoms with van der Waals surface area (Å²) in [7, 11) is 3.37. The van der Waals surface area contributed by atoms with Crippen molar-refractivity contribution in [1.29, 1.82) is 0 Å². The van der Waals surface area contributed by atoms with E-state index in [-0.39, 0.29) is 0 Å². The molecule has 0 aliphatic carbocycles. The molecule has 1 N–H and O–H groups in total. The number of methoxy groups -OCH3 is 1. The number of aliphatic carboxylic acids is 1. The van der Waals surface area contributed by atoms with Crippen molar-refractivity contribution in [2.75, 3.05) is 14.2 Å². The predicted octanol–water partition coefficient (Wildman–Crippen LogP) is 1.69. The minimum atomic E-state index is -0.806. The second kappa shape index (κ2) is 6.35. The Labute approximate surface area is 107 Å². The standard InChI is InChI=1S/C13H20N2O3/c1-5-11(13(16)17)15(3)8-10-7-6-9(2)12(14-10)18-4/h6-7,11H,5,8H2,1-4H3,(H,16,17)/t11-/m1/s1. The average molecular weight is 252 g/mol. The molecule has 0 fully saturated rings. The molecule has 5 nitrogen and oxygen atoms in total. The molecule has 0 saturated heterocycles. The van der Waals surface area contributed by atoms with Crippen LogP contribution in [-0.4, -0.2) is 41.2 Å². The highest BCUT2D eigenvalue weighted by Crippen LogP contribution is 2.16. The fraction of sp³-hybridized carbons (Fsp3) is 0.538. The lowest BCUT2D eigenvalue weighted by molar-refractivity contribution is -0.143. The number of likely N-dealkylation sites (N-methyl/N-ethyl adjacent to an activating group) is 1. The molecule has 1 aromatic heterocycles. The molecule has 1 aromatic rings. The molecule has 100 valence electrons. The number of rotatable bonds is 6. The average Bonchev–Trinajstić information content (AvgIpc) is 2.32. The summed E-state index contributed by atoms with van der Waals surface area (Å²) in [4.78, 5) is 17.2. The van der Waals surface area contributed by atoms with Gasteiger partial charge in [0.15, 0.2) is 0 Å². The zero-order valence-corrected chi connectivity index (χ0v) is 11.3. The van der Waals surface area contributed by atoms with Gasteiger partial charge in [0.1, 0.15) is 6.04 Å². The Hall–Kier alpha value is -1.62. The van der Waals surface area contributed by atoms with Crippen molar-refractivity contribution in [2.45, 2.75) is 32.9 Å². The van der Waals surface area contributed by atoms with E-state index in [2.05, 4.69) is 4.98 Å². The Kier molecular flexibility index (Phi) is 5.09. The van der Waals surface area contributed by atoms with Gasteiger partial charge in [-0.2, -0.15) is 0 Å². The molecular formula is C13H20N2O3. The lowest BCUT2D eigenvalue weighted by atomic mass is 10.2. The molecule has 1 atom stereocenters. The quantitative estimate of drug-likeness (QED) is 0.834. The van der Waals surface area contributed by atoms with E-state index in [0.717, 1.165) is 11.3 Å². The molecule has 0 bridgehead atoms. The van der Waals surface area contributed by atoms with Gasteiger partial charge in [0, 0.05) is 12.1 Å².